The molecule has 6 nitrogen and oxygen atoms in total. The maximum atomic E-state index is 14.5. The second-order valence-electron chi connectivity index (χ2n) is 8.69. The van der Waals surface area contributed by atoms with Crippen LogP contribution in [-0.2, 0) is 20.9 Å². The summed E-state index contributed by atoms with van der Waals surface area (Å²) in [6.45, 7) is 3.26. The molecule has 3 fully saturated rings. The van der Waals surface area contributed by atoms with Crippen LogP contribution < -0.4 is 4.90 Å². The van der Waals surface area contributed by atoms with Crippen molar-refractivity contribution in [2.75, 3.05) is 24.7 Å². The Balaban J connectivity index is 1.50. The number of hydrogen-bond acceptors (Lipinski definition) is 4. The standard InChI is InChI=1S/C22H21ClFN3O3/c1-14-2-4-15(5-3-14)8-27-18(28)9-26(19-17(24)6-16(23)7-25-19)20(29)22(27)10-21(11-22)12-30-13-21/h2-7H,8-13H2,1H3. The van der Waals surface area contributed by atoms with E-state index in [1.165, 1.54) is 11.1 Å². The Bertz CT molecular complexity index is 1030. The largest absolute Gasteiger partial charge is 0.380 e. The van der Waals surface area contributed by atoms with Gasteiger partial charge in [0.25, 0.3) is 5.91 Å². The van der Waals surface area contributed by atoms with Crippen LogP contribution in [0.5, 0.6) is 0 Å². The summed E-state index contributed by atoms with van der Waals surface area (Å²) < 4.78 is 19.9. The van der Waals surface area contributed by atoms with Gasteiger partial charge in [0.05, 0.1) is 18.2 Å². The van der Waals surface area contributed by atoms with Gasteiger partial charge in [0.2, 0.25) is 5.91 Å². The predicted molar refractivity (Wildman–Crippen MR) is 109 cm³/mol. The molecule has 1 saturated carbocycles. The molecule has 1 aliphatic carbocycles. The predicted octanol–water partition coefficient (Wildman–Crippen LogP) is 3.11. The van der Waals surface area contributed by atoms with Crippen molar-refractivity contribution in [1.82, 2.24) is 9.88 Å². The summed E-state index contributed by atoms with van der Waals surface area (Å²) in [6.07, 6.45) is 2.31. The minimum absolute atomic E-state index is 0.0730. The lowest BCUT2D eigenvalue weighted by Gasteiger charge is -2.64. The first-order chi connectivity index (χ1) is 14.3. The van der Waals surface area contributed by atoms with Gasteiger partial charge in [-0.1, -0.05) is 41.4 Å². The number of anilines is 1. The first-order valence-corrected chi connectivity index (χ1v) is 10.3. The van der Waals surface area contributed by atoms with Crippen molar-refractivity contribution in [3.05, 3.63) is 58.5 Å². The number of rotatable bonds is 3. The number of aromatic nitrogens is 1. The van der Waals surface area contributed by atoms with Gasteiger partial charge < -0.3 is 9.64 Å². The second kappa shape index (κ2) is 6.75. The van der Waals surface area contributed by atoms with E-state index in [1.807, 2.05) is 31.2 Å². The summed E-state index contributed by atoms with van der Waals surface area (Å²) in [7, 11) is 0. The highest BCUT2D eigenvalue weighted by molar-refractivity contribution is 6.30. The molecular formula is C22H21ClFN3O3. The van der Waals surface area contributed by atoms with E-state index in [2.05, 4.69) is 4.98 Å². The van der Waals surface area contributed by atoms with E-state index in [4.69, 9.17) is 16.3 Å². The van der Waals surface area contributed by atoms with Crippen LogP contribution in [0.3, 0.4) is 0 Å². The van der Waals surface area contributed by atoms with E-state index in [0.29, 0.717) is 32.6 Å². The average Bonchev–Trinajstić information content (AvgIpc) is 2.64. The van der Waals surface area contributed by atoms with Crippen LogP contribution >= 0.6 is 11.6 Å². The minimum Gasteiger partial charge on any atom is -0.380 e. The third-order valence-electron chi connectivity index (χ3n) is 6.41. The number of ether oxygens (including phenoxy) is 1. The second-order valence-corrected chi connectivity index (χ2v) is 9.13. The van der Waals surface area contributed by atoms with Gasteiger partial charge in [-0.15, -0.1) is 0 Å². The zero-order valence-corrected chi connectivity index (χ0v) is 17.3. The Hall–Kier alpha value is -2.51. The fourth-order valence-electron chi connectivity index (χ4n) is 4.92. The van der Waals surface area contributed by atoms with Gasteiger partial charge in [-0.2, -0.15) is 0 Å². The molecule has 2 spiro atoms. The number of pyridine rings is 1. The van der Waals surface area contributed by atoms with Gasteiger partial charge in [0.1, 0.15) is 12.1 Å². The zero-order valence-electron chi connectivity index (χ0n) is 16.5. The average molecular weight is 430 g/mol. The topological polar surface area (TPSA) is 62.7 Å². The first-order valence-electron chi connectivity index (χ1n) is 9.89. The Kier molecular flexibility index (Phi) is 4.38. The van der Waals surface area contributed by atoms with Crippen LogP contribution in [0.4, 0.5) is 10.2 Å². The van der Waals surface area contributed by atoms with Crippen molar-refractivity contribution in [2.24, 2.45) is 5.41 Å². The van der Waals surface area contributed by atoms with Crippen molar-refractivity contribution in [3.8, 4) is 0 Å². The molecule has 30 heavy (non-hydrogen) atoms. The monoisotopic (exact) mass is 429 g/mol. The molecule has 0 bridgehead atoms. The van der Waals surface area contributed by atoms with Crippen molar-refractivity contribution in [2.45, 2.75) is 31.8 Å². The Labute approximate surface area is 178 Å². The molecule has 0 unspecified atom stereocenters. The van der Waals surface area contributed by atoms with Gasteiger partial charge in [0.15, 0.2) is 11.6 Å². The van der Waals surface area contributed by atoms with Crippen molar-refractivity contribution >= 4 is 29.2 Å². The molecular weight excluding hydrogens is 409 g/mol. The van der Waals surface area contributed by atoms with Gasteiger partial charge in [0, 0.05) is 18.2 Å². The Morgan fingerprint density at radius 2 is 1.90 bits per heavy atom. The van der Waals surface area contributed by atoms with Crippen molar-refractivity contribution < 1.29 is 18.7 Å². The molecule has 8 heteroatoms. The number of nitrogens with zero attached hydrogens (tertiary/aromatic N) is 3. The van der Waals surface area contributed by atoms with Gasteiger partial charge >= 0.3 is 0 Å². The number of piperazine rings is 1. The van der Waals surface area contributed by atoms with Gasteiger partial charge in [-0.25, -0.2) is 9.37 Å². The van der Waals surface area contributed by atoms with Crippen molar-refractivity contribution in [3.63, 3.8) is 0 Å². The molecule has 2 aliphatic heterocycles. The summed E-state index contributed by atoms with van der Waals surface area (Å²) in [5, 5.41) is 0.136. The highest BCUT2D eigenvalue weighted by atomic mass is 35.5. The highest BCUT2D eigenvalue weighted by Crippen LogP contribution is 2.57. The van der Waals surface area contributed by atoms with Crippen LogP contribution in [-0.4, -0.2) is 47.0 Å². The van der Waals surface area contributed by atoms with Gasteiger partial charge in [-0.3, -0.25) is 14.5 Å². The number of carbonyl (C=O) groups is 2. The normalized spacial score (nSPS) is 21.7. The number of halogens is 2. The van der Waals surface area contributed by atoms with Gasteiger partial charge in [-0.05, 0) is 31.4 Å². The van der Waals surface area contributed by atoms with E-state index in [0.717, 1.165) is 17.2 Å². The molecule has 156 valence electrons. The molecule has 2 aromatic rings. The first kappa shape index (κ1) is 19.5. The van der Waals surface area contributed by atoms with E-state index in [9.17, 15) is 14.0 Å². The lowest BCUT2D eigenvalue weighted by Crippen LogP contribution is -2.77. The third-order valence-corrected chi connectivity index (χ3v) is 6.62. The molecule has 3 aliphatic rings. The maximum absolute atomic E-state index is 14.5. The SMILES string of the molecule is Cc1ccc(CN2C(=O)CN(c3ncc(Cl)cc3F)C(=O)C23CC2(COC2)C3)cc1. The summed E-state index contributed by atoms with van der Waals surface area (Å²) in [4.78, 5) is 33.7. The molecule has 0 N–H and O–H groups in total. The summed E-state index contributed by atoms with van der Waals surface area (Å²) in [5.41, 5.74) is 1.00. The van der Waals surface area contributed by atoms with E-state index in [1.54, 1.807) is 4.90 Å². The summed E-state index contributed by atoms with van der Waals surface area (Å²) in [5.74, 6) is -1.38. The molecule has 2 amide bonds. The van der Waals surface area contributed by atoms with Crippen LogP contribution in [0.25, 0.3) is 0 Å². The Morgan fingerprint density at radius 1 is 1.20 bits per heavy atom. The Morgan fingerprint density at radius 3 is 2.50 bits per heavy atom. The quantitative estimate of drug-likeness (QED) is 0.752. The number of benzene rings is 1. The number of hydrogen-bond donors (Lipinski definition) is 0. The molecule has 3 heterocycles. The number of carbonyl (C=O) groups excluding carboxylic acids is 2. The van der Waals surface area contributed by atoms with E-state index in [-0.39, 0.29) is 34.6 Å². The van der Waals surface area contributed by atoms with E-state index >= 15 is 0 Å². The van der Waals surface area contributed by atoms with Crippen LogP contribution in [0.15, 0.2) is 36.5 Å². The molecule has 0 radical (unpaired) electrons. The highest BCUT2D eigenvalue weighted by Gasteiger charge is 2.68. The number of aryl methyl sites for hydroxylation is 1. The fraction of sp³-hybridized carbons (Fsp3) is 0.409. The smallest absolute Gasteiger partial charge is 0.254 e. The van der Waals surface area contributed by atoms with Crippen LogP contribution in [0.2, 0.25) is 5.02 Å². The fourth-order valence-corrected chi connectivity index (χ4v) is 5.06. The zero-order chi connectivity index (χ0) is 21.1. The molecule has 0 atom stereocenters. The molecule has 2 saturated heterocycles. The lowest BCUT2D eigenvalue weighted by atomic mass is 9.54. The van der Waals surface area contributed by atoms with Crippen LogP contribution in [0, 0.1) is 18.2 Å². The van der Waals surface area contributed by atoms with E-state index < -0.39 is 11.4 Å². The maximum Gasteiger partial charge on any atom is 0.254 e. The number of amides is 2. The molecule has 1 aromatic heterocycles. The molecule has 5 rings (SSSR count). The molecule has 1 aromatic carbocycles. The summed E-state index contributed by atoms with van der Waals surface area (Å²) >= 11 is 5.81. The summed E-state index contributed by atoms with van der Waals surface area (Å²) in [6, 6.07) is 9.01. The van der Waals surface area contributed by atoms with Crippen molar-refractivity contribution in [1.29, 1.82) is 0 Å². The van der Waals surface area contributed by atoms with Crippen LogP contribution in [0.1, 0.15) is 24.0 Å². The minimum atomic E-state index is -1.00. The third kappa shape index (κ3) is 2.91. The lowest BCUT2D eigenvalue weighted by molar-refractivity contribution is -0.221.